The maximum atomic E-state index is 10.5. The van der Waals surface area contributed by atoms with Crippen LogP contribution in [0, 0.1) is 0 Å². The highest BCUT2D eigenvalue weighted by atomic mass is 35.5. The van der Waals surface area contributed by atoms with Crippen LogP contribution in [0.25, 0.3) is 0 Å². The van der Waals surface area contributed by atoms with Crippen LogP contribution in [-0.4, -0.2) is 31.1 Å². The third-order valence-corrected chi connectivity index (χ3v) is 2.50. The van der Waals surface area contributed by atoms with E-state index in [1.165, 1.54) is 0 Å². The molecule has 1 aromatic rings. The molecule has 0 bridgehead atoms. The Morgan fingerprint density at radius 2 is 2.27 bits per heavy atom. The summed E-state index contributed by atoms with van der Waals surface area (Å²) in [6.45, 7) is 3.37. The zero-order valence-electron chi connectivity index (χ0n) is 8.61. The summed E-state index contributed by atoms with van der Waals surface area (Å²) in [6, 6.07) is 5.14. The molecule has 4 heteroatoms. The number of benzene rings is 1. The zero-order chi connectivity index (χ0) is 11.3. The Morgan fingerprint density at radius 3 is 2.73 bits per heavy atom. The number of carbonyl (C=O) groups is 1. The standard InChI is InChI=1S/C11H14ClNO2/c1-2-13(5-6-14)11-4-3-9(8-15)7-10(11)12/h3-4,7-8,14H,2,5-6H2,1H3. The predicted octanol–water partition coefficient (Wildman–Crippen LogP) is 1.97. The lowest BCUT2D eigenvalue weighted by atomic mass is 10.2. The molecule has 0 saturated carbocycles. The molecule has 0 spiro atoms. The van der Waals surface area contributed by atoms with Crippen LogP contribution in [-0.2, 0) is 0 Å². The fourth-order valence-corrected chi connectivity index (χ4v) is 1.73. The summed E-state index contributed by atoms with van der Waals surface area (Å²) in [5.74, 6) is 0. The fraction of sp³-hybridized carbons (Fsp3) is 0.364. The van der Waals surface area contributed by atoms with Gasteiger partial charge in [-0.15, -0.1) is 0 Å². The molecule has 0 radical (unpaired) electrons. The van der Waals surface area contributed by atoms with Gasteiger partial charge in [-0.05, 0) is 25.1 Å². The van der Waals surface area contributed by atoms with Crippen LogP contribution in [0.2, 0.25) is 5.02 Å². The molecule has 0 heterocycles. The first-order chi connectivity index (χ1) is 7.22. The monoisotopic (exact) mass is 227 g/mol. The molecule has 82 valence electrons. The lowest BCUT2D eigenvalue weighted by molar-refractivity contribution is 0.112. The summed E-state index contributed by atoms with van der Waals surface area (Å²) in [5.41, 5.74) is 1.41. The maximum absolute atomic E-state index is 10.5. The number of nitrogens with zero attached hydrogens (tertiary/aromatic N) is 1. The molecule has 0 aliphatic rings. The summed E-state index contributed by atoms with van der Waals surface area (Å²) in [5, 5.41) is 9.42. The van der Waals surface area contributed by atoms with E-state index in [-0.39, 0.29) is 6.61 Å². The third kappa shape index (κ3) is 2.94. The van der Waals surface area contributed by atoms with E-state index in [0.717, 1.165) is 18.5 Å². The van der Waals surface area contributed by atoms with Crippen LogP contribution in [0.15, 0.2) is 18.2 Å². The van der Waals surface area contributed by atoms with Crippen LogP contribution in [0.1, 0.15) is 17.3 Å². The number of hydrogen-bond acceptors (Lipinski definition) is 3. The fourth-order valence-electron chi connectivity index (χ4n) is 1.42. The highest BCUT2D eigenvalue weighted by molar-refractivity contribution is 6.33. The lowest BCUT2D eigenvalue weighted by Gasteiger charge is -2.23. The molecule has 1 N–H and O–H groups in total. The van der Waals surface area contributed by atoms with Gasteiger partial charge in [0.25, 0.3) is 0 Å². The van der Waals surface area contributed by atoms with Crippen LogP contribution in [0.3, 0.4) is 0 Å². The number of halogens is 1. The van der Waals surface area contributed by atoms with Gasteiger partial charge in [-0.2, -0.15) is 0 Å². The van der Waals surface area contributed by atoms with Crippen molar-refractivity contribution < 1.29 is 9.90 Å². The van der Waals surface area contributed by atoms with E-state index in [9.17, 15) is 4.79 Å². The number of rotatable bonds is 5. The summed E-state index contributed by atoms with van der Waals surface area (Å²) in [7, 11) is 0. The van der Waals surface area contributed by atoms with Gasteiger partial charge in [-0.3, -0.25) is 4.79 Å². The van der Waals surface area contributed by atoms with Crippen molar-refractivity contribution in [2.75, 3.05) is 24.6 Å². The normalized spacial score (nSPS) is 10.1. The number of aliphatic hydroxyl groups excluding tert-OH is 1. The summed E-state index contributed by atoms with van der Waals surface area (Å²) >= 11 is 6.04. The van der Waals surface area contributed by atoms with Gasteiger partial charge in [0.15, 0.2) is 0 Å². The topological polar surface area (TPSA) is 40.5 Å². The van der Waals surface area contributed by atoms with Gasteiger partial charge >= 0.3 is 0 Å². The van der Waals surface area contributed by atoms with Crippen molar-refractivity contribution in [2.24, 2.45) is 0 Å². The number of hydrogen-bond donors (Lipinski definition) is 1. The van der Waals surface area contributed by atoms with Gasteiger partial charge in [0.2, 0.25) is 0 Å². The minimum absolute atomic E-state index is 0.0829. The van der Waals surface area contributed by atoms with Crippen LogP contribution >= 0.6 is 11.6 Å². The van der Waals surface area contributed by atoms with E-state index in [4.69, 9.17) is 16.7 Å². The van der Waals surface area contributed by atoms with Gasteiger partial charge in [0.05, 0.1) is 17.3 Å². The van der Waals surface area contributed by atoms with E-state index in [2.05, 4.69) is 0 Å². The molecule has 0 aliphatic carbocycles. The molecule has 0 atom stereocenters. The third-order valence-electron chi connectivity index (χ3n) is 2.20. The average Bonchev–Trinajstić information content (AvgIpc) is 2.26. The van der Waals surface area contributed by atoms with Crippen LogP contribution < -0.4 is 4.90 Å². The van der Waals surface area contributed by atoms with Crippen molar-refractivity contribution >= 4 is 23.6 Å². The van der Waals surface area contributed by atoms with E-state index >= 15 is 0 Å². The second-order valence-corrected chi connectivity index (χ2v) is 3.54. The van der Waals surface area contributed by atoms with Crippen molar-refractivity contribution in [2.45, 2.75) is 6.92 Å². The average molecular weight is 228 g/mol. The Hall–Kier alpha value is -1.06. The predicted molar refractivity (Wildman–Crippen MR) is 61.8 cm³/mol. The van der Waals surface area contributed by atoms with Crippen molar-refractivity contribution in [3.05, 3.63) is 28.8 Å². The van der Waals surface area contributed by atoms with Crippen LogP contribution in [0.4, 0.5) is 5.69 Å². The number of aliphatic hydroxyl groups is 1. The maximum Gasteiger partial charge on any atom is 0.150 e. The molecule has 1 aromatic carbocycles. The van der Waals surface area contributed by atoms with Gasteiger partial charge < -0.3 is 10.0 Å². The Bertz CT molecular complexity index is 341. The molecule has 0 fully saturated rings. The molecular formula is C11H14ClNO2. The Morgan fingerprint density at radius 1 is 1.53 bits per heavy atom. The number of aldehydes is 1. The summed E-state index contributed by atoms with van der Waals surface area (Å²) in [4.78, 5) is 12.5. The Kier molecular flexibility index (Phi) is 4.59. The molecule has 15 heavy (non-hydrogen) atoms. The Balaban J connectivity index is 2.97. The molecule has 0 saturated heterocycles. The van der Waals surface area contributed by atoms with E-state index in [1.54, 1.807) is 18.2 Å². The largest absolute Gasteiger partial charge is 0.395 e. The van der Waals surface area contributed by atoms with E-state index < -0.39 is 0 Å². The van der Waals surface area contributed by atoms with Crippen molar-refractivity contribution in [3.8, 4) is 0 Å². The smallest absolute Gasteiger partial charge is 0.150 e. The Labute approximate surface area is 94.3 Å². The summed E-state index contributed by atoms with van der Waals surface area (Å²) < 4.78 is 0. The molecule has 0 unspecified atom stereocenters. The highest BCUT2D eigenvalue weighted by Crippen LogP contribution is 2.26. The van der Waals surface area contributed by atoms with Gasteiger partial charge in [-0.25, -0.2) is 0 Å². The van der Waals surface area contributed by atoms with Gasteiger partial charge in [0, 0.05) is 18.7 Å². The quantitative estimate of drug-likeness (QED) is 0.782. The molecule has 0 aromatic heterocycles. The SMILES string of the molecule is CCN(CCO)c1ccc(C=O)cc1Cl. The number of likely N-dealkylation sites (N-methyl/N-ethyl adjacent to an activating group) is 1. The minimum atomic E-state index is 0.0829. The summed E-state index contributed by atoms with van der Waals surface area (Å²) in [6.07, 6.45) is 0.762. The first-order valence-corrected chi connectivity index (χ1v) is 5.21. The zero-order valence-corrected chi connectivity index (χ0v) is 9.37. The van der Waals surface area contributed by atoms with Gasteiger partial charge in [0.1, 0.15) is 6.29 Å². The van der Waals surface area contributed by atoms with Crippen LogP contribution in [0.5, 0.6) is 0 Å². The second kappa shape index (κ2) is 5.73. The van der Waals surface area contributed by atoms with Crippen molar-refractivity contribution in [1.82, 2.24) is 0 Å². The first kappa shape index (κ1) is 12.0. The molecule has 0 amide bonds. The minimum Gasteiger partial charge on any atom is -0.395 e. The molecular weight excluding hydrogens is 214 g/mol. The van der Waals surface area contributed by atoms with Crippen molar-refractivity contribution in [1.29, 1.82) is 0 Å². The first-order valence-electron chi connectivity index (χ1n) is 4.83. The second-order valence-electron chi connectivity index (χ2n) is 3.13. The molecule has 1 rings (SSSR count). The van der Waals surface area contributed by atoms with E-state index in [1.807, 2.05) is 11.8 Å². The lowest BCUT2D eigenvalue weighted by Crippen LogP contribution is -2.26. The number of anilines is 1. The highest BCUT2D eigenvalue weighted by Gasteiger charge is 2.08. The van der Waals surface area contributed by atoms with Crippen molar-refractivity contribution in [3.63, 3.8) is 0 Å². The molecule has 3 nitrogen and oxygen atoms in total. The number of carbonyl (C=O) groups excluding carboxylic acids is 1. The van der Waals surface area contributed by atoms with E-state index in [0.29, 0.717) is 17.1 Å². The molecule has 0 aliphatic heterocycles. The van der Waals surface area contributed by atoms with Gasteiger partial charge in [-0.1, -0.05) is 11.6 Å².